The molecule has 0 bridgehead atoms. The van der Waals surface area contributed by atoms with Crippen LogP contribution < -0.4 is 56.4 Å². The van der Waals surface area contributed by atoms with Crippen molar-refractivity contribution < 1.29 is 108 Å². The number of fused-ring (bicyclic) bond motifs is 3. The molecule has 0 radical (unpaired) electrons. The van der Waals surface area contributed by atoms with Crippen molar-refractivity contribution in [2.75, 3.05) is 50.2 Å². The minimum Gasteiger partial charge on any atom is -0.394 e. The SMILES string of the molecule is Cc1cn([C@H]2C[C@H](OP(=O)(O)OC[C@H]3O[C@@H](n4cnc5c(=O)[nH]c(N)nc54)C[C@@H]3OP(=O)(O)OC[C@H]3O[C@@H](n4cnc5c(=O)[nH]c(N)nc54)C[C@@H]3OP(=O)(O)OC[C@H]3O[C@@H](n4cnc5c(=O)[nH]c(N)nc54)C[C@@H]3OP(=O)(O)OC[C@H]3O[C@@H](n4cc(C)c(=O)[nH]c4=O)C[C@@H]3O)[C@@H](CO)O2)c(=O)[nH]c1=O. The molecule has 49 nitrogen and oxygen atoms in total. The summed E-state index contributed by atoms with van der Waals surface area (Å²) >= 11 is 0. The Balaban J connectivity index is 0.720. The molecular formula is C50H63N19O30P4. The van der Waals surface area contributed by atoms with Crippen molar-refractivity contribution in [3.63, 3.8) is 0 Å². The summed E-state index contributed by atoms with van der Waals surface area (Å²) in [6.45, 7) is -1.94. The maximum atomic E-state index is 14.3. The number of aryl methyl sites for hydroxylation is 2. The number of hydrogen-bond acceptors (Lipinski definition) is 35. The molecule has 13 heterocycles. The van der Waals surface area contributed by atoms with Gasteiger partial charge in [-0.3, -0.25) is 108 Å². The largest absolute Gasteiger partial charge is 0.472 e. The fourth-order valence-corrected chi connectivity index (χ4v) is 16.0. The first-order valence-electron chi connectivity index (χ1n) is 30.7. The van der Waals surface area contributed by atoms with Crippen LogP contribution >= 0.6 is 31.3 Å². The van der Waals surface area contributed by atoms with Crippen LogP contribution in [0.2, 0.25) is 0 Å². The first-order valence-corrected chi connectivity index (χ1v) is 36.7. The molecule has 17 N–H and O–H groups in total. The minimum atomic E-state index is -5.56. The maximum Gasteiger partial charge on any atom is 0.472 e. The van der Waals surface area contributed by atoms with Crippen molar-refractivity contribution >= 4 is 82.6 Å². The number of nitrogens with zero attached hydrogens (tertiary/aromatic N) is 11. The molecule has 0 aliphatic carbocycles. The summed E-state index contributed by atoms with van der Waals surface area (Å²) < 4.78 is 136. The fourth-order valence-electron chi connectivity index (χ4n) is 12.1. The molecule has 5 fully saturated rings. The van der Waals surface area contributed by atoms with E-state index >= 15 is 0 Å². The lowest BCUT2D eigenvalue weighted by Crippen LogP contribution is -2.33. The Morgan fingerprint density at radius 3 is 1.05 bits per heavy atom. The van der Waals surface area contributed by atoms with Crippen molar-refractivity contribution in [3.05, 3.63) is 115 Å². The summed E-state index contributed by atoms with van der Waals surface area (Å²) in [4.78, 5) is 169. The van der Waals surface area contributed by atoms with Crippen LogP contribution in [0, 0.1) is 13.8 Å². The highest BCUT2D eigenvalue weighted by atomic mass is 31.2. The number of nitrogens with one attached hydrogen (secondary N) is 5. The summed E-state index contributed by atoms with van der Waals surface area (Å²) in [6, 6.07) is 0. The van der Waals surface area contributed by atoms with Crippen molar-refractivity contribution in [3.8, 4) is 0 Å². The van der Waals surface area contributed by atoms with Crippen molar-refractivity contribution in [2.45, 2.75) is 138 Å². The van der Waals surface area contributed by atoms with Crippen LogP contribution in [0.4, 0.5) is 17.8 Å². The Hall–Kier alpha value is -8.03. The lowest BCUT2D eigenvalue weighted by Gasteiger charge is -2.25. The van der Waals surface area contributed by atoms with Crippen LogP contribution in [0.1, 0.15) is 74.4 Å². The van der Waals surface area contributed by atoms with Gasteiger partial charge in [0.05, 0.1) is 58.1 Å². The molecule has 0 amide bonds. The number of ether oxygens (including phenoxy) is 5. The van der Waals surface area contributed by atoms with Gasteiger partial charge in [-0.05, 0) is 13.8 Å². The van der Waals surface area contributed by atoms with E-state index in [2.05, 4.69) is 54.8 Å². The number of rotatable bonds is 26. The zero-order valence-electron chi connectivity index (χ0n) is 53.0. The number of anilines is 3. The van der Waals surface area contributed by atoms with Crippen LogP contribution in [0.15, 0.2) is 64.9 Å². The smallest absolute Gasteiger partial charge is 0.394 e. The second kappa shape index (κ2) is 28.4. The molecule has 0 spiro atoms. The third-order valence-electron chi connectivity index (χ3n) is 17.0. The van der Waals surface area contributed by atoms with Gasteiger partial charge in [0.15, 0.2) is 33.5 Å². The average Bonchev–Trinajstić information content (AvgIpc) is 1.64. The molecular weight excluding hydrogens is 1470 g/mol. The third-order valence-corrected chi connectivity index (χ3v) is 21.0. The highest BCUT2D eigenvalue weighted by Crippen LogP contribution is 2.55. The van der Waals surface area contributed by atoms with E-state index in [0.717, 1.165) is 28.1 Å². The van der Waals surface area contributed by atoms with Crippen LogP contribution in [-0.2, 0) is 78.1 Å². The first kappa shape index (κ1) is 73.3. The number of imidazole rings is 3. The molecule has 0 saturated carbocycles. The number of H-pyrrole nitrogens is 5. The number of phosphoric acid groups is 4. The Kier molecular flexibility index (Phi) is 20.2. The predicted molar refractivity (Wildman–Crippen MR) is 338 cm³/mol. The van der Waals surface area contributed by atoms with Gasteiger partial charge in [0.25, 0.3) is 27.8 Å². The van der Waals surface area contributed by atoms with Crippen molar-refractivity contribution in [1.82, 2.24) is 77.7 Å². The number of hydrogen-bond donors (Lipinski definition) is 14. The first-order chi connectivity index (χ1) is 48.7. The van der Waals surface area contributed by atoms with Gasteiger partial charge in [-0.1, -0.05) is 0 Å². The van der Waals surface area contributed by atoms with Crippen LogP contribution in [0.5, 0.6) is 0 Å². The van der Waals surface area contributed by atoms with Gasteiger partial charge in [0.1, 0.15) is 86.1 Å². The molecule has 558 valence electrons. The molecule has 5 saturated heterocycles. The van der Waals surface area contributed by atoms with Crippen molar-refractivity contribution in [2.24, 2.45) is 0 Å². The van der Waals surface area contributed by atoms with Gasteiger partial charge in [0, 0.05) is 55.6 Å². The highest BCUT2D eigenvalue weighted by Gasteiger charge is 2.50. The van der Waals surface area contributed by atoms with Crippen LogP contribution in [0.3, 0.4) is 0 Å². The number of nitrogens with two attached hydrogens (primary N) is 3. The van der Waals surface area contributed by atoms with E-state index in [1.807, 2.05) is 0 Å². The van der Waals surface area contributed by atoms with E-state index in [9.17, 15) is 81.6 Å². The summed E-state index contributed by atoms with van der Waals surface area (Å²) in [7, 11) is -21.7. The minimum absolute atomic E-state index is 0.107. The fraction of sp³-hybridized carbons (Fsp3) is 0.540. The van der Waals surface area contributed by atoms with E-state index < -0.39 is 215 Å². The third kappa shape index (κ3) is 15.7. The quantitative estimate of drug-likeness (QED) is 0.0236. The number of aromatic nitrogens is 16. The number of nitrogen functional groups attached to an aromatic ring is 3. The number of aromatic amines is 5. The normalized spacial score (nSPS) is 29.1. The van der Waals surface area contributed by atoms with Gasteiger partial charge in [-0.25, -0.2) is 42.8 Å². The standard InChI is InChI=1S/C50H63N19O30P4/c1-18-8-65(49(77)63-41(18)72)30-3-20(71)26(92-30)11-87-100(79,80)97-22-5-32(67-15-54-35-38(67)57-46(51)60-43(35)74)94-28(22)13-89-102(83,84)99-24-7-34(69-17-56-37-40(69)59-48(53)62-45(37)76)95-29(24)14-90-103(85,86)98-23-6-33(68-16-55-36-39(68)58-47(52)61-44(36)75)93-27(23)12-88-101(81,82)96-21-4-31(91-25(21)10-70)66-9-19(2)42(73)64-50(66)78/h8-9,15-17,20-34,70-71H,3-7,10-14H2,1-2H3,(H,79,80)(H,81,82)(H,83,84)(H,85,86)(H,63,72,77)(H,64,73,78)(H3,51,57,60,74)(H3,52,58,61,75)(H3,53,59,62,76)/t20-,21-,22-,23-,24-,25+,26+,27+,28+,29+,30+,31+,32+,33+,34+/m0/s1. The van der Waals surface area contributed by atoms with E-state index in [-0.39, 0.29) is 75.3 Å². The molecule has 53 heteroatoms. The molecule has 8 aromatic heterocycles. The molecule has 5 aliphatic heterocycles. The highest BCUT2D eigenvalue weighted by molar-refractivity contribution is 7.48. The zero-order chi connectivity index (χ0) is 73.5. The topological polar surface area (TPSA) is 688 Å². The molecule has 4 unspecified atom stereocenters. The molecule has 13 rings (SSSR count). The lowest BCUT2D eigenvalue weighted by molar-refractivity contribution is -0.0635. The van der Waals surface area contributed by atoms with E-state index in [1.165, 1.54) is 39.9 Å². The van der Waals surface area contributed by atoms with Gasteiger partial charge < -0.3 is 70.7 Å². The van der Waals surface area contributed by atoms with E-state index in [4.69, 9.17) is 77.1 Å². The maximum absolute atomic E-state index is 14.3. The van der Waals surface area contributed by atoms with Gasteiger partial charge >= 0.3 is 42.7 Å². The summed E-state index contributed by atoms with van der Waals surface area (Å²) in [5.74, 6) is -1.08. The number of aliphatic hydroxyl groups excluding tert-OH is 2. The van der Waals surface area contributed by atoms with Crippen molar-refractivity contribution in [1.29, 1.82) is 0 Å². The van der Waals surface area contributed by atoms with E-state index in [1.54, 1.807) is 0 Å². The Morgan fingerprint density at radius 2 is 0.718 bits per heavy atom. The average molecular weight is 1530 g/mol. The second-order valence-electron chi connectivity index (χ2n) is 24.0. The Morgan fingerprint density at radius 1 is 0.437 bits per heavy atom. The molecule has 5 aliphatic rings. The van der Waals surface area contributed by atoms with Gasteiger partial charge in [0.2, 0.25) is 17.8 Å². The monoisotopic (exact) mass is 1530 g/mol. The second-order valence-corrected chi connectivity index (χ2v) is 29.6. The Bertz CT molecular complexity index is 5230. The zero-order valence-corrected chi connectivity index (χ0v) is 56.6. The molecule has 8 aromatic rings. The van der Waals surface area contributed by atoms with Crippen LogP contribution in [-0.4, -0.2) is 202 Å². The number of phosphoric ester groups is 4. The Labute approximate surface area is 570 Å². The van der Waals surface area contributed by atoms with Gasteiger partial charge in [-0.15, -0.1) is 0 Å². The predicted octanol–water partition coefficient (Wildman–Crippen LogP) is -3.35. The molecule has 103 heavy (non-hydrogen) atoms. The van der Waals surface area contributed by atoms with Crippen LogP contribution in [0.25, 0.3) is 33.5 Å². The number of aliphatic hydroxyl groups is 2. The van der Waals surface area contributed by atoms with Gasteiger partial charge in [-0.2, -0.15) is 15.0 Å². The summed E-state index contributed by atoms with van der Waals surface area (Å²) in [6.07, 6.45) is -18.5. The summed E-state index contributed by atoms with van der Waals surface area (Å²) in [5, 5.41) is 21.0. The summed E-state index contributed by atoms with van der Waals surface area (Å²) in [5.41, 5.74) is 11.1. The lowest BCUT2D eigenvalue weighted by atomic mass is 10.2. The van der Waals surface area contributed by atoms with E-state index in [0.29, 0.717) is 0 Å². The molecule has 0 aromatic carbocycles. The molecule has 19 atom stereocenters.